The third-order valence-corrected chi connectivity index (χ3v) is 4.21. The van der Waals surface area contributed by atoms with Crippen LogP contribution >= 0.6 is 11.3 Å². The number of aryl methyl sites for hydroxylation is 1. The largest absolute Gasteiger partial charge is 0.494 e. The maximum atomic E-state index is 5.58. The number of hydrogen-bond acceptors (Lipinski definition) is 3. The Balaban J connectivity index is 1.97. The van der Waals surface area contributed by atoms with E-state index in [0.29, 0.717) is 6.04 Å². The number of hydrogen-bond donors (Lipinski definition) is 1. The van der Waals surface area contributed by atoms with Crippen LogP contribution in [0.25, 0.3) is 0 Å². The van der Waals surface area contributed by atoms with Crippen molar-refractivity contribution in [3.05, 3.63) is 46.2 Å². The SMILES string of the molecule is CCCOc1ccc(NC(C)c2sccc2C)cc1. The highest BCUT2D eigenvalue weighted by Gasteiger charge is 2.09. The molecule has 1 aromatic heterocycles. The summed E-state index contributed by atoms with van der Waals surface area (Å²) in [5, 5.41) is 5.67. The molecule has 2 rings (SSSR count). The number of anilines is 1. The van der Waals surface area contributed by atoms with Crippen molar-refractivity contribution in [2.24, 2.45) is 0 Å². The molecule has 19 heavy (non-hydrogen) atoms. The number of ether oxygens (including phenoxy) is 1. The zero-order valence-electron chi connectivity index (χ0n) is 11.8. The van der Waals surface area contributed by atoms with Gasteiger partial charge in [0.1, 0.15) is 5.75 Å². The molecule has 0 amide bonds. The number of nitrogens with one attached hydrogen (secondary N) is 1. The lowest BCUT2D eigenvalue weighted by molar-refractivity contribution is 0.317. The normalized spacial score (nSPS) is 12.2. The molecule has 0 saturated heterocycles. The van der Waals surface area contributed by atoms with Gasteiger partial charge in [-0.3, -0.25) is 0 Å². The molecule has 0 aliphatic heterocycles. The second-order valence-electron chi connectivity index (χ2n) is 4.71. The van der Waals surface area contributed by atoms with Crippen LogP contribution in [0.2, 0.25) is 0 Å². The van der Waals surface area contributed by atoms with Gasteiger partial charge < -0.3 is 10.1 Å². The second kappa shape index (κ2) is 6.62. The molecule has 0 radical (unpaired) electrons. The second-order valence-corrected chi connectivity index (χ2v) is 5.65. The van der Waals surface area contributed by atoms with E-state index in [-0.39, 0.29) is 0 Å². The van der Waals surface area contributed by atoms with Crippen LogP contribution in [0.15, 0.2) is 35.7 Å². The predicted octanol–water partition coefficient (Wildman–Crippen LogP) is 5.02. The van der Waals surface area contributed by atoms with Crippen molar-refractivity contribution in [3.63, 3.8) is 0 Å². The first kappa shape index (κ1) is 13.9. The highest BCUT2D eigenvalue weighted by molar-refractivity contribution is 7.10. The molecule has 1 heterocycles. The maximum Gasteiger partial charge on any atom is 0.119 e. The first-order valence-corrected chi connectivity index (χ1v) is 7.62. The lowest BCUT2D eigenvalue weighted by atomic mass is 10.2. The van der Waals surface area contributed by atoms with Gasteiger partial charge in [0, 0.05) is 10.6 Å². The van der Waals surface area contributed by atoms with Crippen LogP contribution in [-0.2, 0) is 0 Å². The fourth-order valence-electron chi connectivity index (χ4n) is 2.01. The van der Waals surface area contributed by atoms with E-state index >= 15 is 0 Å². The first-order chi connectivity index (χ1) is 9.20. The molecule has 2 aromatic rings. The van der Waals surface area contributed by atoms with E-state index in [0.717, 1.165) is 24.5 Å². The first-order valence-electron chi connectivity index (χ1n) is 6.74. The Labute approximate surface area is 119 Å². The van der Waals surface area contributed by atoms with Gasteiger partial charge in [-0.2, -0.15) is 0 Å². The molecule has 0 fully saturated rings. The Morgan fingerprint density at radius 1 is 1.21 bits per heavy atom. The van der Waals surface area contributed by atoms with Crippen LogP contribution in [0.1, 0.15) is 36.8 Å². The molecule has 1 N–H and O–H groups in total. The van der Waals surface area contributed by atoms with E-state index in [2.05, 4.69) is 49.7 Å². The van der Waals surface area contributed by atoms with Gasteiger partial charge in [0.25, 0.3) is 0 Å². The predicted molar refractivity (Wildman–Crippen MR) is 83.3 cm³/mol. The van der Waals surface area contributed by atoms with Crippen LogP contribution in [-0.4, -0.2) is 6.61 Å². The molecule has 0 aliphatic carbocycles. The fraction of sp³-hybridized carbons (Fsp3) is 0.375. The monoisotopic (exact) mass is 275 g/mol. The molecule has 1 aromatic carbocycles. The molecule has 0 bridgehead atoms. The molecule has 1 atom stereocenters. The van der Waals surface area contributed by atoms with Crippen molar-refractivity contribution in [2.75, 3.05) is 11.9 Å². The van der Waals surface area contributed by atoms with Crippen LogP contribution in [0.3, 0.4) is 0 Å². The van der Waals surface area contributed by atoms with Crippen LogP contribution in [0, 0.1) is 6.92 Å². The Kier molecular flexibility index (Phi) is 4.86. The summed E-state index contributed by atoms with van der Waals surface area (Å²) in [6, 6.07) is 10.7. The van der Waals surface area contributed by atoms with E-state index in [1.54, 1.807) is 11.3 Å². The molecular weight excluding hydrogens is 254 g/mol. The minimum atomic E-state index is 0.336. The lowest BCUT2D eigenvalue weighted by Gasteiger charge is -2.15. The Morgan fingerprint density at radius 3 is 2.53 bits per heavy atom. The summed E-state index contributed by atoms with van der Waals surface area (Å²) >= 11 is 1.80. The average molecular weight is 275 g/mol. The van der Waals surface area contributed by atoms with Crippen molar-refractivity contribution in [3.8, 4) is 5.75 Å². The highest BCUT2D eigenvalue weighted by atomic mass is 32.1. The van der Waals surface area contributed by atoms with E-state index < -0.39 is 0 Å². The molecular formula is C16H21NOS. The Hall–Kier alpha value is -1.48. The molecule has 0 saturated carbocycles. The maximum absolute atomic E-state index is 5.58. The number of benzene rings is 1. The van der Waals surface area contributed by atoms with Crippen LogP contribution in [0.5, 0.6) is 5.75 Å². The average Bonchev–Trinajstić information content (AvgIpc) is 2.84. The highest BCUT2D eigenvalue weighted by Crippen LogP contribution is 2.27. The molecule has 0 spiro atoms. The summed E-state index contributed by atoms with van der Waals surface area (Å²) in [7, 11) is 0. The minimum Gasteiger partial charge on any atom is -0.494 e. The number of thiophene rings is 1. The fourth-order valence-corrected chi connectivity index (χ4v) is 2.95. The Morgan fingerprint density at radius 2 is 1.95 bits per heavy atom. The summed E-state index contributed by atoms with van der Waals surface area (Å²) in [4.78, 5) is 1.39. The van der Waals surface area contributed by atoms with Crippen LogP contribution in [0.4, 0.5) is 5.69 Å². The summed E-state index contributed by atoms with van der Waals surface area (Å²) in [6.45, 7) is 7.24. The lowest BCUT2D eigenvalue weighted by Crippen LogP contribution is -2.06. The third kappa shape index (κ3) is 3.74. The summed E-state index contributed by atoms with van der Waals surface area (Å²) in [6.07, 6.45) is 1.04. The van der Waals surface area contributed by atoms with Gasteiger partial charge in [0.2, 0.25) is 0 Å². The van der Waals surface area contributed by atoms with Crippen molar-refractivity contribution >= 4 is 17.0 Å². The van der Waals surface area contributed by atoms with E-state index in [1.165, 1.54) is 10.4 Å². The van der Waals surface area contributed by atoms with Gasteiger partial charge in [-0.25, -0.2) is 0 Å². The number of rotatable bonds is 6. The smallest absolute Gasteiger partial charge is 0.119 e. The topological polar surface area (TPSA) is 21.3 Å². The van der Waals surface area contributed by atoms with Crippen molar-refractivity contribution in [1.82, 2.24) is 0 Å². The van der Waals surface area contributed by atoms with Crippen molar-refractivity contribution < 1.29 is 4.74 Å². The van der Waals surface area contributed by atoms with Gasteiger partial charge in [-0.1, -0.05) is 6.92 Å². The zero-order chi connectivity index (χ0) is 13.7. The Bertz CT molecular complexity index is 504. The molecule has 0 aliphatic rings. The standard InChI is InChI=1S/C16H21NOS/c1-4-10-18-15-7-5-14(6-8-15)17-13(3)16-12(2)9-11-19-16/h5-9,11,13,17H,4,10H2,1-3H3. The van der Waals surface area contributed by atoms with Gasteiger partial charge in [-0.05, 0) is 61.5 Å². The summed E-state index contributed by atoms with van der Waals surface area (Å²) < 4.78 is 5.58. The molecule has 3 heteroatoms. The van der Waals surface area contributed by atoms with Gasteiger partial charge in [0.15, 0.2) is 0 Å². The zero-order valence-corrected chi connectivity index (χ0v) is 12.6. The summed E-state index contributed by atoms with van der Waals surface area (Å²) in [5.74, 6) is 0.937. The van der Waals surface area contributed by atoms with E-state index in [9.17, 15) is 0 Å². The quantitative estimate of drug-likeness (QED) is 0.799. The minimum absolute atomic E-state index is 0.336. The van der Waals surface area contributed by atoms with Gasteiger partial charge in [0.05, 0.1) is 12.6 Å². The van der Waals surface area contributed by atoms with Gasteiger partial charge in [-0.15, -0.1) is 11.3 Å². The van der Waals surface area contributed by atoms with E-state index in [4.69, 9.17) is 4.74 Å². The van der Waals surface area contributed by atoms with Gasteiger partial charge >= 0.3 is 0 Å². The molecule has 2 nitrogen and oxygen atoms in total. The third-order valence-electron chi connectivity index (χ3n) is 3.01. The summed E-state index contributed by atoms with van der Waals surface area (Å²) in [5.41, 5.74) is 2.48. The van der Waals surface area contributed by atoms with E-state index in [1.807, 2.05) is 12.1 Å². The van der Waals surface area contributed by atoms with Crippen LogP contribution < -0.4 is 10.1 Å². The molecule has 1 unspecified atom stereocenters. The molecule has 102 valence electrons. The van der Waals surface area contributed by atoms with Crippen molar-refractivity contribution in [1.29, 1.82) is 0 Å². The van der Waals surface area contributed by atoms with Crippen molar-refractivity contribution in [2.45, 2.75) is 33.2 Å².